The number of ether oxygens (including phenoxy) is 1. The predicted molar refractivity (Wildman–Crippen MR) is 37.6 cm³/mol. The van der Waals surface area contributed by atoms with E-state index in [1.54, 1.807) is 6.92 Å². The maximum atomic E-state index is 12.2. The van der Waals surface area contributed by atoms with Crippen molar-refractivity contribution in [2.75, 3.05) is 13.2 Å². The summed E-state index contributed by atoms with van der Waals surface area (Å²) in [6.45, 7) is 1.96. The molecular formula is C7H12F3NO. The van der Waals surface area contributed by atoms with Gasteiger partial charge in [0.2, 0.25) is 0 Å². The first-order valence-electron chi connectivity index (χ1n) is 3.82. The minimum Gasteiger partial charge on any atom is -0.380 e. The summed E-state index contributed by atoms with van der Waals surface area (Å²) in [7, 11) is 0. The van der Waals surface area contributed by atoms with Crippen LogP contribution in [0.2, 0.25) is 0 Å². The van der Waals surface area contributed by atoms with Crippen molar-refractivity contribution >= 4 is 0 Å². The summed E-state index contributed by atoms with van der Waals surface area (Å²) in [5, 5.41) is 0. The Bertz CT molecular complexity index is 159. The van der Waals surface area contributed by atoms with Gasteiger partial charge in [0.25, 0.3) is 0 Å². The molecule has 0 radical (unpaired) electrons. The van der Waals surface area contributed by atoms with Crippen LogP contribution >= 0.6 is 0 Å². The van der Waals surface area contributed by atoms with Gasteiger partial charge >= 0.3 is 6.18 Å². The monoisotopic (exact) mass is 183 g/mol. The Morgan fingerprint density at radius 2 is 2.00 bits per heavy atom. The van der Waals surface area contributed by atoms with Crippen molar-refractivity contribution in [2.45, 2.75) is 25.6 Å². The molecule has 2 N–H and O–H groups in total. The van der Waals surface area contributed by atoms with Crippen LogP contribution in [0.4, 0.5) is 13.2 Å². The summed E-state index contributed by atoms with van der Waals surface area (Å²) in [5.74, 6) is 0. The Labute approximate surface area is 68.9 Å². The van der Waals surface area contributed by atoms with E-state index >= 15 is 0 Å². The largest absolute Gasteiger partial charge is 0.404 e. The highest BCUT2D eigenvalue weighted by molar-refractivity contribution is 4.97. The van der Waals surface area contributed by atoms with Crippen LogP contribution in [0.15, 0.2) is 0 Å². The van der Waals surface area contributed by atoms with Crippen molar-refractivity contribution < 1.29 is 17.9 Å². The molecule has 12 heavy (non-hydrogen) atoms. The molecule has 1 aliphatic heterocycles. The van der Waals surface area contributed by atoms with Gasteiger partial charge in [-0.3, -0.25) is 0 Å². The molecule has 5 heteroatoms. The topological polar surface area (TPSA) is 35.2 Å². The molecule has 72 valence electrons. The molecule has 0 aliphatic carbocycles. The van der Waals surface area contributed by atoms with E-state index in [0.717, 1.165) is 0 Å². The van der Waals surface area contributed by atoms with Crippen molar-refractivity contribution in [3.8, 4) is 0 Å². The molecule has 1 aliphatic rings. The van der Waals surface area contributed by atoms with E-state index in [4.69, 9.17) is 10.5 Å². The lowest BCUT2D eigenvalue weighted by atomic mass is 9.76. The zero-order valence-electron chi connectivity index (χ0n) is 6.82. The molecule has 1 rings (SSSR count). The highest BCUT2D eigenvalue weighted by Gasteiger charge is 2.54. The van der Waals surface area contributed by atoms with Crippen LogP contribution < -0.4 is 5.73 Å². The molecule has 1 saturated heterocycles. The van der Waals surface area contributed by atoms with E-state index in [1.807, 2.05) is 0 Å². The first-order chi connectivity index (χ1) is 5.42. The standard InChI is InChI=1S/C7H12F3NO/c1-2-6(3-12-4-6)5(11)7(8,9)10/h5H,2-4,11H2,1H3. The fourth-order valence-electron chi connectivity index (χ4n) is 1.32. The third-order valence-corrected chi connectivity index (χ3v) is 2.50. The lowest BCUT2D eigenvalue weighted by molar-refractivity contribution is -0.226. The molecule has 0 spiro atoms. The van der Waals surface area contributed by atoms with Gasteiger partial charge in [-0.2, -0.15) is 13.2 Å². The Balaban J connectivity index is 2.67. The first-order valence-corrected chi connectivity index (χ1v) is 3.82. The van der Waals surface area contributed by atoms with Crippen molar-refractivity contribution in [1.29, 1.82) is 0 Å². The van der Waals surface area contributed by atoms with Crippen LogP contribution in [0, 0.1) is 5.41 Å². The normalized spacial score (nSPS) is 24.8. The molecule has 1 fully saturated rings. The smallest absolute Gasteiger partial charge is 0.380 e. The molecule has 0 amide bonds. The van der Waals surface area contributed by atoms with Crippen LogP contribution in [0.25, 0.3) is 0 Å². The van der Waals surface area contributed by atoms with E-state index in [1.165, 1.54) is 0 Å². The van der Waals surface area contributed by atoms with Gasteiger partial charge < -0.3 is 10.5 Å². The molecule has 1 unspecified atom stereocenters. The minimum atomic E-state index is -4.31. The molecular weight excluding hydrogens is 171 g/mol. The first kappa shape index (κ1) is 9.80. The van der Waals surface area contributed by atoms with Crippen molar-refractivity contribution in [2.24, 2.45) is 11.1 Å². The average molecular weight is 183 g/mol. The number of halogens is 3. The number of rotatable bonds is 2. The van der Waals surface area contributed by atoms with Crippen molar-refractivity contribution in [3.63, 3.8) is 0 Å². The van der Waals surface area contributed by atoms with Crippen LogP contribution in [0.5, 0.6) is 0 Å². The van der Waals surface area contributed by atoms with Gasteiger partial charge in [0.1, 0.15) is 6.04 Å². The van der Waals surface area contributed by atoms with Gasteiger partial charge in [-0.1, -0.05) is 6.92 Å². The highest BCUT2D eigenvalue weighted by atomic mass is 19.4. The van der Waals surface area contributed by atoms with E-state index in [0.29, 0.717) is 6.42 Å². The number of nitrogens with two attached hydrogens (primary N) is 1. The summed E-state index contributed by atoms with van der Waals surface area (Å²) in [4.78, 5) is 0. The maximum Gasteiger partial charge on any atom is 0.404 e. The SMILES string of the molecule is CCC1(C(N)C(F)(F)F)COC1. The van der Waals surface area contributed by atoms with Crippen LogP contribution in [-0.4, -0.2) is 25.4 Å². The fraction of sp³-hybridized carbons (Fsp3) is 1.00. The van der Waals surface area contributed by atoms with Gasteiger partial charge in [-0.15, -0.1) is 0 Å². The minimum absolute atomic E-state index is 0.129. The second kappa shape index (κ2) is 2.88. The van der Waals surface area contributed by atoms with E-state index in [9.17, 15) is 13.2 Å². The van der Waals surface area contributed by atoms with Crippen LogP contribution in [0.3, 0.4) is 0 Å². The van der Waals surface area contributed by atoms with Crippen molar-refractivity contribution in [1.82, 2.24) is 0 Å². The van der Waals surface area contributed by atoms with E-state index < -0.39 is 17.6 Å². The quantitative estimate of drug-likeness (QED) is 0.700. The van der Waals surface area contributed by atoms with Crippen LogP contribution in [-0.2, 0) is 4.74 Å². The van der Waals surface area contributed by atoms with Gasteiger partial charge in [0.05, 0.1) is 13.2 Å². The van der Waals surface area contributed by atoms with Crippen molar-refractivity contribution in [3.05, 3.63) is 0 Å². The van der Waals surface area contributed by atoms with E-state index in [2.05, 4.69) is 0 Å². The van der Waals surface area contributed by atoms with Gasteiger partial charge in [-0.25, -0.2) is 0 Å². The lowest BCUT2D eigenvalue weighted by Gasteiger charge is -2.45. The Morgan fingerprint density at radius 1 is 1.50 bits per heavy atom. The molecule has 0 bridgehead atoms. The third-order valence-electron chi connectivity index (χ3n) is 2.50. The summed E-state index contributed by atoms with van der Waals surface area (Å²) in [5.41, 5.74) is 4.23. The molecule has 0 aromatic rings. The summed E-state index contributed by atoms with van der Waals surface area (Å²) in [6, 6.07) is -1.75. The second-order valence-electron chi connectivity index (χ2n) is 3.23. The number of hydrogen-bond donors (Lipinski definition) is 1. The third kappa shape index (κ3) is 1.43. The Morgan fingerprint density at radius 3 is 2.08 bits per heavy atom. The fourth-order valence-corrected chi connectivity index (χ4v) is 1.32. The average Bonchev–Trinajstić information content (AvgIpc) is 1.84. The van der Waals surface area contributed by atoms with Gasteiger partial charge in [0.15, 0.2) is 0 Å². The molecule has 2 nitrogen and oxygen atoms in total. The predicted octanol–water partition coefficient (Wildman–Crippen LogP) is 1.30. The highest BCUT2D eigenvalue weighted by Crippen LogP contribution is 2.40. The molecule has 1 heterocycles. The Kier molecular flexibility index (Phi) is 2.35. The molecule has 0 aromatic carbocycles. The Hall–Kier alpha value is -0.290. The number of hydrogen-bond acceptors (Lipinski definition) is 2. The zero-order chi connectivity index (χ0) is 9.41. The van der Waals surface area contributed by atoms with Gasteiger partial charge in [0, 0.05) is 5.41 Å². The summed E-state index contributed by atoms with van der Waals surface area (Å²) < 4.78 is 41.3. The van der Waals surface area contributed by atoms with Crippen LogP contribution in [0.1, 0.15) is 13.3 Å². The summed E-state index contributed by atoms with van der Waals surface area (Å²) >= 11 is 0. The van der Waals surface area contributed by atoms with E-state index in [-0.39, 0.29) is 13.2 Å². The maximum absolute atomic E-state index is 12.2. The van der Waals surface area contributed by atoms with Gasteiger partial charge in [-0.05, 0) is 6.42 Å². The summed E-state index contributed by atoms with van der Waals surface area (Å²) in [6.07, 6.45) is -3.90. The molecule has 1 atom stereocenters. The molecule has 0 aromatic heterocycles. The molecule has 0 saturated carbocycles. The number of alkyl halides is 3. The lowest BCUT2D eigenvalue weighted by Crippen LogP contribution is -2.60. The second-order valence-corrected chi connectivity index (χ2v) is 3.23. The zero-order valence-corrected chi connectivity index (χ0v) is 6.82.